The third kappa shape index (κ3) is 4.77. The highest BCUT2D eigenvalue weighted by Gasteiger charge is 2.20. The van der Waals surface area contributed by atoms with E-state index in [1.54, 1.807) is 26.2 Å². The summed E-state index contributed by atoms with van der Waals surface area (Å²) in [4.78, 5) is 2.33. The molecule has 0 fully saturated rings. The number of aryl methyl sites for hydroxylation is 1. The average molecular weight is 377 g/mol. The number of hydrogen-bond acceptors (Lipinski definition) is 4. The largest absolute Gasteiger partial charge is 0.496 e. The Morgan fingerprint density at radius 2 is 1.81 bits per heavy atom. The van der Waals surface area contributed by atoms with Gasteiger partial charge in [0.2, 0.25) is 10.0 Å². The zero-order valence-electron chi connectivity index (χ0n) is 16.1. The van der Waals surface area contributed by atoms with Crippen LogP contribution in [0.1, 0.15) is 30.9 Å². The minimum absolute atomic E-state index is 0.170. The van der Waals surface area contributed by atoms with Gasteiger partial charge < -0.3 is 9.64 Å². The van der Waals surface area contributed by atoms with Crippen molar-refractivity contribution >= 4 is 15.7 Å². The van der Waals surface area contributed by atoms with Gasteiger partial charge in [0, 0.05) is 25.8 Å². The van der Waals surface area contributed by atoms with E-state index in [2.05, 4.69) is 4.72 Å². The Morgan fingerprint density at radius 3 is 2.38 bits per heavy atom. The first-order valence-corrected chi connectivity index (χ1v) is 10.2. The smallest absolute Gasteiger partial charge is 0.240 e. The Kier molecular flexibility index (Phi) is 6.67. The molecular weight excluding hydrogens is 348 g/mol. The van der Waals surface area contributed by atoms with Crippen LogP contribution in [0.4, 0.5) is 5.69 Å². The number of ether oxygens (including phenoxy) is 1. The lowest BCUT2D eigenvalue weighted by molar-refractivity contribution is 0.406. The maximum Gasteiger partial charge on any atom is 0.240 e. The van der Waals surface area contributed by atoms with Gasteiger partial charge in [0.15, 0.2) is 0 Å². The molecule has 1 N–H and O–H groups in total. The van der Waals surface area contributed by atoms with Crippen LogP contribution in [-0.2, 0) is 10.0 Å². The molecular formula is C20H28N2O3S. The molecule has 5 nitrogen and oxygen atoms in total. The van der Waals surface area contributed by atoms with Crippen molar-refractivity contribution in [1.82, 2.24) is 4.72 Å². The van der Waals surface area contributed by atoms with E-state index < -0.39 is 10.0 Å². The molecule has 0 spiro atoms. The maximum absolute atomic E-state index is 12.8. The molecule has 0 amide bonds. The standard InChI is InChI=1S/C20H28N2O3S/c1-15(2)18-14-20(16(3)13-19(18)25-5)26(23,24)21-11-12-22(4)17-9-7-6-8-10-17/h6-10,13-15,21H,11-12H2,1-5H3. The van der Waals surface area contributed by atoms with Crippen LogP contribution < -0.4 is 14.4 Å². The molecule has 0 bridgehead atoms. The molecule has 26 heavy (non-hydrogen) atoms. The third-order valence-electron chi connectivity index (χ3n) is 4.38. The molecule has 0 aliphatic carbocycles. The second-order valence-electron chi connectivity index (χ2n) is 6.67. The van der Waals surface area contributed by atoms with E-state index in [9.17, 15) is 8.42 Å². The molecule has 0 aliphatic rings. The molecule has 0 unspecified atom stereocenters. The number of hydrogen-bond donors (Lipinski definition) is 1. The van der Waals surface area contributed by atoms with Gasteiger partial charge in [0.05, 0.1) is 12.0 Å². The summed E-state index contributed by atoms with van der Waals surface area (Å²) in [6, 6.07) is 13.4. The average Bonchev–Trinajstić information content (AvgIpc) is 2.61. The summed E-state index contributed by atoms with van der Waals surface area (Å²) in [5, 5.41) is 0. The van der Waals surface area contributed by atoms with Gasteiger partial charge in [-0.3, -0.25) is 0 Å². The van der Waals surface area contributed by atoms with Crippen LogP contribution in [0.25, 0.3) is 0 Å². The van der Waals surface area contributed by atoms with Crippen LogP contribution in [0.15, 0.2) is 47.4 Å². The SMILES string of the molecule is COc1cc(C)c(S(=O)(=O)NCCN(C)c2ccccc2)cc1C(C)C. The van der Waals surface area contributed by atoms with Crippen LogP contribution in [0.5, 0.6) is 5.75 Å². The second kappa shape index (κ2) is 8.56. The van der Waals surface area contributed by atoms with Gasteiger partial charge in [-0.25, -0.2) is 13.1 Å². The van der Waals surface area contributed by atoms with Crippen LogP contribution in [0.3, 0.4) is 0 Å². The maximum atomic E-state index is 12.8. The van der Waals surface area contributed by atoms with Gasteiger partial charge in [-0.15, -0.1) is 0 Å². The number of nitrogens with zero attached hydrogens (tertiary/aromatic N) is 1. The lowest BCUT2D eigenvalue weighted by Gasteiger charge is -2.20. The van der Waals surface area contributed by atoms with E-state index in [1.807, 2.05) is 56.1 Å². The molecule has 2 rings (SSSR count). The van der Waals surface area contributed by atoms with E-state index >= 15 is 0 Å². The zero-order valence-corrected chi connectivity index (χ0v) is 16.9. The predicted octanol–water partition coefficient (Wildman–Crippen LogP) is 3.54. The Hall–Kier alpha value is -2.05. The molecule has 6 heteroatoms. The summed E-state index contributed by atoms with van der Waals surface area (Å²) in [5.74, 6) is 0.893. The number of nitrogens with one attached hydrogen (secondary N) is 1. The van der Waals surface area contributed by atoms with E-state index in [4.69, 9.17) is 4.74 Å². The van der Waals surface area contributed by atoms with Gasteiger partial charge in [0.25, 0.3) is 0 Å². The molecule has 0 aromatic heterocycles. The minimum atomic E-state index is -3.58. The molecule has 0 heterocycles. The number of benzene rings is 2. The highest BCUT2D eigenvalue weighted by Crippen LogP contribution is 2.31. The first-order chi connectivity index (χ1) is 12.3. The van der Waals surface area contributed by atoms with Crippen LogP contribution in [0.2, 0.25) is 0 Å². The van der Waals surface area contributed by atoms with Gasteiger partial charge >= 0.3 is 0 Å². The summed E-state index contributed by atoms with van der Waals surface area (Å²) in [6.07, 6.45) is 0. The minimum Gasteiger partial charge on any atom is -0.496 e. The van der Waals surface area contributed by atoms with Gasteiger partial charge in [-0.2, -0.15) is 0 Å². The highest BCUT2D eigenvalue weighted by atomic mass is 32.2. The van der Waals surface area contributed by atoms with Crippen molar-refractivity contribution in [1.29, 1.82) is 0 Å². The third-order valence-corrected chi connectivity index (χ3v) is 5.98. The van der Waals surface area contributed by atoms with Crippen LogP contribution in [0, 0.1) is 6.92 Å². The predicted molar refractivity (Wildman–Crippen MR) is 107 cm³/mol. The summed E-state index contributed by atoms with van der Waals surface area (Å²) in [7, 11) is -0.0348. The number of rotatable bonds is 8. The van der Waals surface area contributed by atoms with Crippen molar-refractivity contribution < 1.29 is 13.2 Å². The Balaban J connectivity index is 2.13. The number of methoxy groups -OCH3 is 1. The molecule has 0 atom stereocenters. The second-order valence-corrected chi connectivity index (χ2v) is 8.40. The lowest BCUT2D eigenvalue weighted by Crippen LogP contribution is -2.33. The van der Waals surface area contributed by atoms with Gasteiger partial charge in [0.1, 0.15) is 5.75 Å². The number of likely N-dealkylation sites (N-methyl/N-ethyl adjacent to an activating group) is 1. The van der Waals surface area contributed by atoms with Crippen molar-refractivity contribution in [3.63, 3.8) is 0 Å². The highest BCUT2D eigenvalue weighted by molar-refractivity contribution is 7.89. The van der Waals surface area contributed by atoms with Crippen LogP contribution >= 0.6 is 0 Å². The number of anilines is 1. The molecule has 2 aromatic carbocycles. The van der Waals surface area contributed by atoms with Crippen molar-refractivity contribution in [3.8, 4) is 5.75 Å². The van der Waals surface area contributed by atoms with Crippen molar-refractivity contribution in [3.05, 3.63) is 53.6 Å². The number of sulfonamides is 1. The van der Waals surface area contributed by atoms with Crippen molar-refractivity contribution in [2.75, 3.05) is 32.1 Å². The summed E-state index contributed by atoms with van der Waals surface area (Å²) in [5.41, 5.74) is 2.62. The van der Waals surface area contributed by atoms with E-state index in [0.717, 1.165) is 17.0 Å². The van der Waals surface area contributed by atoms with Gasteiger partial charge in [-0.05, 0) is 48.2 Å². The first kappa shape index (κ1) is 20.3. The normalized spacial score (nSPS) is 11.6. The summed E-state index contributed by atoms with van der Waals surface area (Å²) in [6.45, 7) is 6.74. The monoisotopic (exact) mass is 376 g/mol. The topological polar surface area (TPSA) is 58.6 Å². The zero-order chi connectivity index (χ0) is 19.3. The van der Waals surface area contributed by atoms with E-state index in [1.165, 1.54) is 0 Å². The first-order valence-electron chi connectivity index (χ1n) is 8.70. The molecule has 142 valence electrons. The fourth-order valence-electron chi connectivity index (χ4n) is 2.83. The Bertz CT molecular complexity index is 834. The Labute approximate surface area is 157 Å². The fourth-order valence-corrected chi connectivity index (χ4v) is 4.11. The molecule has 0 saturated carbocycles. The van der Waals surface area contributed by atoms with Crippen LogP contribution in [-0.4, -0.2) is 35.7 Å². The summed E-state index contributed by atoms with van der Waals surface area (Å²) < 4.78 is 33.7. The number of para-hydroxylation sites is 1. The molecule has 0 aliphatic heterocycles. The quantitative estimate of drug-likeness (QED) is 0.766. The van der Waals surface area contributed by atoms with Crippen molar-refractivity contribution in [2.45, 2.75) is 31.6 Å². The Morgan fingerprint density at radius 1 is 1.15 bits per heavy atom. The molecule has 2 aromatic rings. The summed E-state index contributed by atoms with van der Waals surface area (Å²) >= 11 is 0. The fraction of sp³-hybridized carbons (Fsp3) is 0.400. The van der Waals surface area contributed by atoms with E-state index in [0.29, 0.717) is 23.5 Å². The van der Waals surface area contributed by atoms with Gasteiger partial charge in [-0.1, -0.05) is 32.0 Å². The lowest BCUT2D eigenvalue weighted by atomic mass is 10.0. The molecule has 0 saturated heterocycles. The molecule has 0 radical (unpaired) electrons. The van der Waals surface area contributed by atoms with E-state index in [-0.39, 0.29) is 5.92 Å². The van der Waals surface area contributed by atoms with Crippen molar-refractivity contribution in [2.24, 2.45) is 0 Å².